The molecule has 0 radical (unpaired) electrons. The lowest BCUT2D eigenvalue weighted by molar-refractivity contribution is -0.160. The summed E-state index contributed by atoms with van der Waals surface area (Å²) in [6, 6.07) is 3.81. The fourth-order valence-electron chi connectivity index (χ4n) is 8.06. The van der Waals surface area contributed by atoms with Crippen molar-refractivity contribution in [1.82, 2.24) is 15.5 Å². The highest BCUT2D eigenvalue weighted by Gasteiger charge is 2.46. The van der Waals surface area contributed by atoms with Gasteiger partial charge in [-0.3, -0.25) is 34.2 Å². The van der Waals surface area contributed by atoms with E-state index < -0.39 is 41.9 Å². The average molecular weight is 707 g/mol. The van der Waals surface area contributed by atoms with Crippen molar-refractivity contribution in [3.8, 4) is 0 Å². The second-order valence-corrected chi connectivity index (χ2v) is 14.2. The van der Waals surface area contributed by atoms with Crippen LogP contribution in [-0.4, -0.2) is 96.4 Å². The minimum Gasteiger partial charge on any atom is -0.462 e. The fourth-order valence-corrected chi connectivity index (χ4v) is 8.06. The van der Waals surface area contributed by atoms with E-state index in [4.69, 9.17) is 14.2 Å². The second kappa shape index (κ2) is 15.8. The minimum absolute atomic E-state index is 0.0104. The molecular weight excluding hydrogens is 660 g/mol. The molecule has 5 aliphatic rings. The molecule has 0 aromatic heterocycles. The maximum atomic E-state index is 13.3. The van der Waals surface area contributed by atoms with Crippen LogP contribution in [0.25, 0.3) is 0 Å². The maximum absolute atomic E-state index is 13.3. The Labute approximate surface area is 296 Å². The molecule has 274 valence electrons. The zero-order valence-corrected chi connectivity index (χ0v) is 28.9. The Kier molecular flexibility index (Phi) is 11.2. The van der Waals surface area contributed by atoms with Gasteiger partial charge in [0.25, 0.3) is 11.8 Å². The van der Waals surface area contributed by atoms with Crippen LogP contribution in [0.15, 0.2) is 42.0 Å². The largest absolute Gasteiger partial charge is 0.462 e. The first kappa shape index (κ1) is 36.2. The van der Waals surface area contributed by atoms with Crippen molar-refractivity contribution in [2.24, 2.45) is 23.7 Å². The predicted molar refractivity (Wildman–Crippen MR) is 182 cm³/mol. The summed E-state index contributed by atoms with van der Waals surface area (Å²) in [6.45, 7) is 5.25. The van der Waals surface area contributed by atoms with Crippen LogP contribution >= 0.6 is 0 Å². The number of alkyl carbamates (subject to hydrolysis) is 1. The molecule has 51 heavy (non-hydrogen) atoms. The van der Waals surface area contributed by atoms with Crippen molar-refractivity contribution in [2.45, 2.75) is 83.1 Å². The second-order valence-electron chi connectivity index (χ2n) is 14.2. The molecule has 4 N–H and O–H groups in total. The summed E-state index contributed by atoms with van der Waals surface area (Å²) < 4.78 is 17.2. The lowest BCUT2D eigenvalue weighted by atomic mass is 9.65. The van der Waals surface area contributed by atoms with Crippen LogP contribution in [0.3, 0.4) is 0 Å². The van der Waals surface area contributed by atoms with Gasteiger partial charge in [-0.15, -0.1) is 0 Å². The number of aliphatic hydroxyl groups is 1. The number of anilines is 1. The molecule has 6 rings (SSSR count). The number of esters is 1. The zero-order valence-electron chi connectivity index (χ0n) is 28.9. The number of carbonyl (C=O) groups excluding carboxylic acids is 6. The molecule has 8 atom stereocenters. The van der Waals surface area contributed by atoms with Crippen LogP contribution in [0.5, 0.6) is 0 Å². The number of benzene rings is 1. The summed E-state index contributed by atoms with van der Waals surface area (Å²) >= 11 is 0. The van der Waals surface area contributed by atoms with Gasteiger partial charge in [0.2, 0.25) is 11.8 Å². The van der Waals surface area contributed by atoms with E-state index in [1.807, 2.05) is 0 Å². The zero-order chi connectivity index (χ0) is 36.2. The normalized spacial score (nSPS) is 30.2. The lowest BCUT2D eigenvalue weighted by Gasteiger charge is -2.43. The van der Waals surface area contributed by atoms with Crippen LogP contribution in [0.1, 0.15) is 79.5 Å². The molecule has 0 spiro atoms. The molecule has 14 heteroatoms. The van der Waals surface area contributed by atoms with Crippen LogP contribution in [0, 0.1) is 23.7 Å². The van der Waals surface area contributed by atoms with E-state index in [2.05, 4.69) is 48.0 Å². The number of carbonyl (C=O) groups is 6. The number of imide groups is 2. The van der Waals surface area contributed by atoms with Crippen molar-refractivity contribution in [3.05, 3.63) is 53.1 Å². The number of hydrogen-bond acceptors (Lipinski definition) is 11. The number of aliphatic hydroxyl groups excluding tert-OH is 1. The fraction of sp³-hybridized carbons (Fsp3) is 0.568. The van der Waals surface area contributed by atoms with Crippen LogP contribution in [0.2, 0.25) is 0 Å². The van der Waals surface area contributed by atoms with E-state index >= 15 is 0 Å². The SMILES string of the molecule is C[C@H]1C=C2C=C[C@H](C)[C@H](CC[C@@H]3C[C@@H](O)CC(=O)O3)[C@H]2[C@@H](OC(=O)NCCOCCNc2cccc3c2C(=O)N(C2CCC(=O)NC2=O)C3=O)C1. The van der Waals surface area contributed by atoms with Crippen molar-refractivity contribution in [2.75, 3.05) is 31.6 Å². The maximum Gasteiger partial charge on any atom is 0.407 e. The van der Waals surface area contributed by atoms with Crippen molar-refractivity contribution in [3.63, 3.8) is 0 Å². The number of nitrogens with one attached hydrogen (secondary N) is 3. The number of cyclic esters (lactones) is 1. The van der Waals surface area contributed by atoms with Gasteiger partial charge in [0, 0.05) is 37.5 Å². The first-order chi connectivity index (χ1) is 24.5. The highest BCUT2D eigenvalue weighted by molar-refractivity contribution is 6.25. The Morgan fingerprint density at radius 1 is 1.06 bits per heavy atom. The minimum atomic E-state index is -1.04. The Bertz CT molecular complexity index is 1620. The van der Waals surface area contributed by atoms with E-state index in [1.54, 1.807) is 12.1 Å². The first-order valence-corrected chi connectivity index (χ1v) is 17.9. The van der Waals surface area contributed by atoms with E-state index in [-0.39, 0.29) is 92.0 Å². The molecular formula is C37H46N4O10. The summed E-state index contributed by atoms with van der Waals surface area (Å²) in [7, 11) is 0. The van der Waals surface area contributed by atoms with Gasteiger partial charge in [-0.25, -0.2) is 4.79 Å². The summed E-state index contributed by atoms with van der Waals surface area (Å²) in [5, 5.41) is 18.1. The molecule has 0 bridgehead atoms. The van der Waals surface area contributed by atoms with E-state index in [9.17, 15) is 33.9 Å². The number of allylic oxidation sites excluding steroid dienone is 3. The van der Waals surface area contributed by atoms with Gasteiger partial charge in [-0.1, -0.05) is 38.1 Å². The molecule has 14 nitrogen and oxygen atoms in total. The van der Waals surface area contributed by atoms with Gasteiger partial charge in [-0.05, 0) is 61.1 Å². The van der Waals surface area contributed by atoms with E-state index in [0.29, 0.717) is 31.5 Å². The van der Waals surface area contributed by atoms with E-state index in [0.717, 1.165) is 16.9 Å². The van der Waals surface area contributed by atoms with Crippen LogP contribution in [-0.2, 0) is 28.6 Å². The van der Waals surface area contributed by atoms with E-state index in [1.165, 1.54) is 6.07 Å². The average Bonchev–Trinajstić information content (AvgIpc) is 3.33. The smallest absolute Gasteiger partial charge is 0.407 e. The third-order valence-corrected chi connectivity index (χ3v) is 10.5. The van der Waals surface area contributed by atoms with Gasteiger partial charge in [0.15, 0.2) is 0 Å². The number of piperidine rings is 1. The summed E-state index contributed by atoms with van der Waals surface area (Å²) in [6.07, 6.45) is 7.43. The highest BCUT2D eigenvalue weighted by atomic mass is 16.6. The molecule has 2 fully saturated rings. The number of ether oxygens (including phenoxy) is 3. The van der Waals surface area contributed by atoms with Gasteiger partial charge in [-0.2, -0.15) is 0 Å². The Hall–Kier alpha value is -4.56. The molecule has 3 heterocycles. The number of amides is 5. The molecule has 2 aliphatic carbocycles. The first-order valence-electron chi connectivity index (χ1n) is 17.9. The quantitative estimate of drug-likeness (QED) is 0.142. The summed E-state index contributed by atoms with van der Waals surface area (Å²) in [5.74, 6) is -1.97. The third kappa shape index (κ3) is 8.17. The highest BCUT2D eigenvalue weighted by Crippen LogP contribution is 2.45. The monoisotopic (exact) mass is 706 g/mol. The van der Waals surface area contributed by atoms with Gasteiger partial charge in [0.1, 0.15) is 18.2 Å². The van der Waals surface area contributed by atoms with Crippen molar-refractivity contribution < 1.29 is 48.1 Å². The third-order valence-electron chi connectivity index (χ3n) is 10.5. The van der Waals surface area contributed by atoms with Gasteiger partial charge < -0.3 is 30.0 Å². The number of fused-ring (bicyclic) bond motifs is 2. The summed E-state index contributed by atoms with van der Waals surface area (Å²) in [5.41, 5.74) is 1.95. The molecule has 1 unspecified atom stereocenters. The number of nitrogens with zero attached hydrogens (tertiary/aromatic N) is 1. The topological polar surface area (TPSA) is 190 Å². The van der Waals surface area contributed by atoms with Crippen molar-refractivity contribution >= 4 is 41.4 Å². The number of rotatable bonds is 12. The number of hydrogen-bond donors (Lipinski definition) is 4. The molecule has 2 saturated heterocycles. The van der Waals surface area contributed by atoms with Crippen molar-refractivity contribution in [1.29, 1.82) is 0 Å². The molecule has 1 aromatic carbocycles. The molecule has 5 amide bonds. The van der Waals surface area contributed by atoms with Gasteiger partial charge in [0.05, 0.1) is 36.9 Å². The standard InChI is InChI=1S/C37H46N4O10/c1-20-16-22-7-6-21(2)25(9-8-24-18-23(42)19-31(44)50-24)32(22)29(17-20)51-37(48)39-13-15-49-14-12-38-27-5-3-4-26-33(27)36(47)41(35(26)46)28-10-11-30(43)40-34(28)45/h3-7,16,20-21,23-25,28-29,32,38,42H,8-15,17-19H2,1-2H3,(H,39,48)(H,40,43,45)/t20-,21-,23+,24+,25-,28?,29-,32-/m0/s1. The summed E-state index contributed by atoms with van der Waals surface area (Å²) in [4.78, 5) is 76.0. The Morgan fingerprint density at radius 3 is 2.65 bits per heavy atom. The van der Waals surface area contributed by atoms with Crippen LogP contribution in [0.4, 0.5) is 10.5 Å². The molecule has 0 saturated carbocycles. The predicted octanol–water partition coefficient (Wildman–Crippen LogP) is 2.86. The Morgan fingerprint density at radius 2 is 1.86 bits per heavy atom. The Balaban J connectivity index is 0.950. The van der Waals surface area contributed by atoms with Gasteiger partial charge >= 0.3 is 12.1 Å². The molecule has 1 aromatic rings. The van der Waals surface area contributed by atoms with Crippen LogP contribution < -0.4 is 16.0 Å². The lowest BCUT2D eigenvalue weighted by Crippen LogP contribution is -2.54. The molecule has 3 aliphatic heterocycles.